The summed E-state index contributed by atoms with van der Waals surface area (Å²) in [6.07, 6.45) is -6.07. The minimum absolute atomic E-state index is 0.0701. The van der Waals surface area contributed by atoms with E-state index in [-0.39, 0.29) is 6.29 Å². The summed E-state index contributed by atoms with van der Waals surface area (Å²) in [5, 5.41) is 0. The zero-order chi connectivity index (χ0) is 9.78. The highest BCUT2D eigenvalue weighted by molar-refractivity contribution is 5.87. The molecule has 0 saturated heterocycles. The SMILES string of the molecule is COC(=O)C(C=O)CC(F)(F)F. The lowest BCUT2D eigenvalue weighted by Gasteiger charge is -2.09. The smallest absolute Gasteiger partial charge is 0.390 e. The van der Waals surface area contributed by atoms with Crippen molar-refractivity contribution in [2.45, 2.75) is 12.6 Å². The quantitative estimate of drug-likeness (QED) is 0.372. The molecule has 0 saturated carbocycles. The van der Waals surface area contributed by atoms with Crippen LogP contribution in [0.5, 0.6) is 0 Å². The van der Waals surface area contributed by atoms with Gasteiger partial charge in [0.15, 0.2) is 0 Å². The first kappa shape index (κ1) is 10.9. The average Bonchev–Trinajstić information content (AvgIpc) is 1.97. The van der Waals surface area contributed by atoms with Crippen molar-refractivity contribution in [3.05, 3.63) is 0 Å². The molecule has 0 aliphatic heterocycles. The molecule has 3 nitrogen and oxygen atoms in total. The first-order valence-electron chi connectivity index (χ1n) is 3.00. The molecule has 1 unspecified atom stereocenters. The summed E-state index contributed by atoms with van der Waals surface area (Å²) in [5.41, 5.74) is 0. The van der Waals surface area contributed by atoms with Crippen LogP contribution in [0, 0.1) is 5.92 Å². The third kappa shape index (κ3) is 3.95. The minimum Gasteiger partial charge on any atom is -0.468 e. The van der Waals surface area contributed by atoms with E-state index in [4.69, 9.17) is 0 Å². The predicted molar refractivity (Wildman–Crippen MR) is 32.2 cm³/mol. The highest BCUT2D eigenvalue weighted by Crippen LogP contribution is 2.24. The third-order valence-electron chi connectivity index (χ3n) is 1.12. The summed E-state index contributed by atoms with van der Waals surface area (Å²) >= 11 is 0. The molecule has 0 aliphatic carbocycles. The molecule has 0 bridgehead atoms. The molecule has 0 aromatic heterocycles. The molecular formula is C6H7F3O3. The number of methoxy groups -OCH3 is 1. The topological polar surface area (TPSA) is 43.4 Å². The lowest BCUT2D eigenvalue weighted by Crippen LogP contribution is -2.24. The normalized spacial score (nSPS) is 13.7. The molecule has 0 aromatic carbocycles. The van der Waals surface area contributed by atoms with E-state index in [1.165, 1.54) is 0 Å². The number of carbonyl (C=O) groups excluding carboxylic acids is 2. The number of halogens is 3. The summed E-state index contributed by atoms with van der Waals surface area (Å²) in [7, 11) is 0.926. The predicted octanol–water partition coefficient (Wildman–Crippen LogP) is 0.927. The van der Waals surface area contributed by atoms with Crippen molar-refractivity contribution in [1.82, 2.24) is 0 Å². The number of carbonyl (C=O) groups is 2. The van der Waals surface area contributed by atoms with Gasteiger partial charge in [0.05, 0.1) is 13.5 Å². The number of rotatable bonds is 3. The Bertz CT molecular complexity index is 175. The van der Waals surface area contributed by atoms with Crippen molar-refractivity contribution in [2.75, 3.05) is 7.11 Å². The zero-order valence-corrected chi connectivity index (χ0v) is 6.22. The Labute approximate surface area is 66.5 Å². The van der Waals surface area contributed by atoms with Gasteiger partial charge >= 0.3 is 12.1 Å². The largest absolute Gasteiger partial charge is 0.468 e. The van der Waals surface area contributed by atoms with Crippen LogP contribution in [0.3, 0.4) is 0 Å². The maximum Gasteiger partial charge on any atom is 0.390 e. The van der Waals surface area contributed by atoms with Crippen molar-refractivity contribution in [3.63, 3.8) is 0 Å². The Morgan fingerprint density at radius 1 is 1.58 bits per heavy atom. The van der Waals surface area contributed by atoms with Crippen LogP contribution in [0.25, 0.3) is 0 Å². The summed E-state index contributed by atoms with van der Waals surface area (Å²) in [6.45, 7) is 0. The number of alkyl halides is 3. The van der Waals surface area contributed by atoms with Gasteiger partial charge in [-0.2, -0.15) is 13.2 Å². The molecule has 0 amide bonds. The molecule has 0 rings (SSSR count). The minimum atomic E-state index is -4.53. The van der Waals surface area contributed by atoms with E-state index in [0.29, 0.717) is 0 Å². The molecule has 0 spiro atoms. The van der Waals surface area contributed by atoms with Crippen molar-refractivity contribution in [1.29, 1.82) is 0 Å². The second-order valence-corrected chi connectivity index (χ2v) is 2.09. The highest BCUT2D eigenvalue weighted by Gasteiger charge is 2.35. The molecule has 0 aromatic rings. The Balaban J connectivity index is 4.18. The Morgan fingerprint density at radius 2 is 2.08 bits per heavy atom. The zero-order valence-electron chi connectivity index (χ0n) is 6.22. The standard InChI is InChI=1S/C6H7F3O3/c1-12-5(11)4(3-10)2-6(7,8)9/h3-4H,2H2,1H3. The molecule has 12 heavy (non-hydrogen) atoms. The summed E-state index contributed by atoms with van der Waals surface area (Å²) < 4.78 is 38.8. The first-order chi connectivity index (χ1) is 5.40. The molecule has 0 fully saturated rings. The fraction of sp³-hybridized carbons (Fsp3) is 0.667. The maximum atomic E-state index is 11.6. The lowest BCUT2D eigenvalue weighted by atomic mass is 10.1. The van der Waals surface area contributed by atoms with Gasteiger partial charge in [-0.3, -0.25) is 4.79 Å². The van der Waals surface area contributed by atoms with Gasteiger partial charge in [0, 0.05) is 0 Å². The van der Waals surface area contributed by atoms with Crippen LogP contribution < -0.4 is 0 Å². The van der Waals surface area contributed by atoms with Crippen molar-refractivity contribution in [3.8, 4) is 0 Å². The van der Waals surface area contributed by atoms with E-state index < -0.39 is 24.5 Å². The van der Waals surface area contributed by atoms with Crippen LogP contribution in [0.4, 0.5) is 13.2 Å². The Morgan fingerprint density at radius 3 is 2.33 bits per heavy atom. The van der Waals surface area contributed by atoms with E-state index in [1.807, 2.05) is 0 Å². The molecular weight excluding hydrogens is 177 g/mol. The van der Waals surface area contributed by atoms with Crippen LogP contribution >= 0.6 is 0 Å². The van der Waals surface area contributed by atoms with Gasteiger partial charge in [-0.15, -0.1) is 0 Å². The van der Waals surface area contributed by atoms with Crippen LogP contribution in [-0.2, 0) is 14.3 Å². The summed E-state index contributed by atoms with van der Waals surface area (Å²) in [5.74, 6) is -2.91. The van der Waals surface area contributed by atoms with E-state index >= 15 is 0 Å². The number of hydrogen-bond donors (Lipinski definition) is 0. The van der Waals surface area contributed by atoms with Gasteiger partial charge in [-0.05, 0) is 0 Å². The molecule has 0 heterocycles. The summed E-state index contributed by atoms with van der Waals surface area (Å²) in [4.78, 5) is 20.4. The van der Waals surface area contributed by atoms with Crippen molar-refractivity contribution in [2.24, 2.45) is 5.92 Å². The van der Waals surface area contributed by atoms with Gasteiger partial charge in [0.25, 0.3) is 0 Å². The van der Waals surface area contributed by atoms with Gasteiger partial charge in [0.1, 0.15) is 12.2 Å². The molecule has 1 atom stereocenters. The second kappa shape index (κ2) is 4.08. The fourth-order valence-electron chi connectivity index (χ4n) is 0.588. The third-order valence-corrected chi connectivity index (χ3v) is 1.12. The molecule has 0 radical (unpaired) electrons. The molecule has 0 aliphatic rings. The Kier molecular flexibility index (Phi) is 3.72. The van der Waals surface area contributed by atoms with Crippen LogP contribution in [0.15, 0.2) is 0 Å². The van der Waals surface area contributed by atoms with Gasteiger partial charge in [0.2, 0.25) is 0 Å². The molecule has 6 heteroatoms. The molecule has 0 N–H and O–H groups in total. The van der Waals surface area contributed by atoms with E-state index in [0.717, 1.165) is 7.11 Å². The van der Waals surface area contributed by atoms with E-state index in [1.54, 1.807) is 0 Å². The van der Waals surface area contributed by atoms with Gasteiger partial charge in [-0.1, -0.05) is 0 Å². The van der Waals surface area contributed by atoms with Crippen LogP contribution in [0.2, 0.25) is 0 Å². The number of aldehydes is 1. The monoisotopic (exact) mass is 184 g/mol. The van der Waals surface area contributed by atoms with E-state index in [2.05, 4.69) is 4.74 Å². The Hall–Kier alpha value is -1.07. The fourth-order valence-corrected chi connectivity index (χ4v) is 0.588. The average molecular weight is 184 g/mol. The lowest BCUT2D eigenvalue weighted by molar-refractivity contribution is -0.166. The number of esters is 1. The number of hydrogen-bond acceptors (Lipinski definition) is 3. The van der Waals surface area contributed by atoms with Crippen molar-refractivity contribution >= 4 is 12.3 Å². The number of ether oxygens (including phenoxy) is 1. The highest BCUT2D eigenvalue weighted by atomic mass is 19.4. The van der Waals surface area contributed by atoms with E-state index in [9.17, 15) is 22.8 Å². The van der Waals surface area contributed by atoms with Gasteiger partial charge in [-0.25, -0.2) is 0 Å². The summed E-state index contributed by atoms with van der Waals surface area (Å²) in [6, 6.07) is 0. The van der Waals surface area contributed by atoms with Crippen LogP contribution in [0.1, 0.15) is 6.42 Å². The van der Waals surface area contributed by atoms with Crippen molar-refractivity contribution < 1.29 is 27.5 Å². The van der Waals surface area contributed by atoms with Crippen LogP contribution in [-0.4, -0.2) is 25.5 Å². The van der Waals surface area contributed by atoms with Gasteiger partial charge < -0.3 is 9.53 Å². The first-order valence-corrected chi connectivity index (χ1v) is 3.00. The second-order valence-electron chi connectivity index (χ2n) is 2.09. The molecule has 70 valence electrons. The maximum absolute atomic E-state index is 11.6.